The third-order valence-corrected chi connectivity index (χ3v) is 7.79. The van der Waals surface area contributed by atoms with Crippen molar-refractivity contribution in [1.29, 1.82) is 0 Å². The molecule has 0 spiro atoms. The molecule has 4 rings (SSSR count). The summed E-state index contributed by atoms with van der Waals surface area (Å²) in [7, 11) is 0. The van der Waals surface area contributed by atoms with Crippen LogP contribution in [-0.2, 0) is 19.8 Å². The number of rotatable bonds is 14. The molecule has 7 nitrogen and oxygen atoms in total. The quantitative estimate of drug-likeness (QED) is 0.179. The van der Waals surface area contributed by atoms with Crippen LogP contribution in [0.3, 0.4) is 0 Å². The van der Waals surface area contributed by atoms with E-state index in [-0.39, 0.29) is 37.0 Å². The summed E-state index contributed by atoms with van der Waals surface area (Å²) < 4.78 is 0. The molecule has 4 N–H and O–H groups in total. The summed E-state index contributed by atoms with van der Waals surface area (Å²) in [4.78, 5) is 37.8. The first-order valence-electron chi connectivity index (χ1n) is 14.8. The maximum atomic E-state index is 13.4. The van der Waals surface area contributed by atoms with Crippen molar-refractivity contribution in [2.75, 3.05) is 32.7 Å². The van der Waals surface area contributed by atoms with Gasteiger partial charge in [0.2, 0.25) is 17.7 Å². The van der Waals surface area contributed by atoms with Gasteiger partial charge in [0.05, 0.1) is 5.41 Å². The predicted octanol–water partition coefficient (Wildman–Crippen LogP) is 3.93. The highest BCUT2D eigenvalue weighted by Gasteiger charge is 2.38. The lowest BCUT2D eigenvalue weighted by molar-refractivity contribution is -0.124. The molecule has 0 aliphatic carbocycles. The van der Waals surface area contributed by atoms with E-state index in [2.05, 4.69) is 57.7 Å². The molecule has 3 aromatic carbocycles. The van der Waals surface area contributed by atoms with Gasteiger partial charge in [0, 0.05) is 38.9 Å². The van der Waals surface area contributed by atoms with Gasteiger partial charge in [-0.1, -0.05) is 91.0 Å². The second kappa shape index (κ2) is 15.7. The molecule has 41 heavy (non-hydrogen) atoms. The van der Waals surface area contributed by atoms with Crippen LogP contribution in [0.25, 0.3) is 0 Å². The summed E-state index contributed by atoms with van der Waals surface area (Å²) in [5.41, 5.74) is 2.49. The van der Waals surface area contributed by atoms with Gasteiger partial charge in [0.1, 0.15) is 0 Å². The number of benzene rings is 3. The smallest absolute Gasteiger partial charge is 0.221 e. The van der Waals surface area contributed by atoms with E-state index in [4.69, 9.17) is 0 Å². The SMILES string of the molecule is O=C(CCCNC(=O)CC(c1ccccc1)(c1ccccc1)c1ccccc1)NCCC(=O)NC[C@H]1CCCNC1. The highest BCUT2D eigenvalue weighted by molar-refractivity contribution is 5.80. The predicted molar refractivity (Wildman–Crippen MR) is 162 cm³/mol. The molecule has 1 saturated heterocycles. The topological polar surface area (TPSA) is 99.3 Å². The Labute approximate surface area is 243 Å². The number of nitrogens with one attached hydrogen (secondary N) is 4. The van der Waals surface area contributed by atoms with Crippen LogP contribution in [0.2, 0.25) is 0 Å². The Bertz CT molecular complexity index is 1130. The summed E-state index contributed by atoms with van der Waals surface area (Å²) in [6.45, 7) is 3.39. The summed E-state index contributed by atoms with van der Waals surface area (Å²) in [6, 6.07) is 30.4. The number of hydrogen-bond acceptors (Lipinski definition) is 4. The van der Waals surface area contributed by atoms with Crippen LogP contribution in [0.4, 0.5) is 0 Å². The molecule has 0 aromatic heterocycles. The summed E-state index contributed by atoms with van der Waals surface area (Å²) in [5, 5.41) is 12.2. The van der Waals surface area contributed by atoms with Gasteiger partial charge in [0.15, 0.2) is 0 Å². The average Bonchev–Trinajstić information content (AvgIpc) is 3.03. The molecule has 216 valence electrons. The number of carbonyl (C=O) groups excluding carboxylic acids is 3. The normalized spacial score (nSPS) is 15.1. The van der Waals surface area contributed by atoms with Gasteiger partial charge < -0.3 is 21.3 Å². The maximum Gasteiger partial charge on any atom is 0.221 e. The average molecular weight is 555 g/mol. The minimum Gasteiger partial charge on any atom is -0.356 e. The van der Waals surface area contributed by atoms with E-state index in [1.165, 1.54) is 0 Å². The van der Waals surface area contributed by atoms with Gasteiger partial charge in [-0.3, -0.25) is 14.4 Å². The Morgan fingerprint density at radius 2 is 1.22 bits per heavy atom. The fraction of sp³-hybridized carbons (Fsp3) is 0.382. The Morgan fingerprint density at radius 1 is 0.683 bits per heavy atom. The van der Waals surface area contributed by atoms with E-state index in [9.17, 15) is 14.4 Å². The maximum absolute atomic E-state index is 13.4. The van der Waals surface area contributed by atoms with Crippen molar-refractivity contribution in [2.24, 2.45) is 5.92 Å². The largest absolute Gasteiger partial charge is 0.356 e. The van der Waals surface area contributed by atoms with Gasteiger partial charge in [-0.15, -0.1) is 0 Å². The first-order valence-corrected chi connectivity index (χ1v) is 14.8. The molecule has 3 amide bonds. The summed E-state index contributed by atoms with van der Waals surface area (Å²) in [5.74, 6) is 0.250. The molecule has 1 aliphatic heterocycles. The van der Waals surface area contributed by atoms with Crippen LogP contribution in [0, 0.1) is 5.92 Å². The minimum absolute atomic E-state index is 0.0399. The standard InChI is InChI=1S/C34H42N4O3/c39-31(37-23-20-32(40)38-26-27-12-10-21-35-25-27)19-11-22-36-33(41)24-34(28-13-4-1-5-14-28,29-15-6-2-7-16-29)30-17-8-3-9-18-30/h1-9,13-18,27,35H,10-12,19-26H2,(H,36,41)(H,37,39)(H,38,40)/t27-/m0/s1. The van der Waals surface area contributed by atoms with Crippen LogP contribution in [0.1, 0.15) is 55.2 Å². The van der Waals surface area contributed by atoms with Crippen LogP contribution in [-0.4, -0.2) is 50.4 Å². The van der Waals surface area contributed by atoms with Crippen LogP contribution < -0.4 is 21.3 Å². The minimum atomic E-state index is -0.653. The summed E-state index contributed by atoms with van der Waals surface area (Å²) in [6.07, 6.45) is 3.59. The monoisotopic (exact) mass is 554 g/mol. The zero-order valence-corrected chi connectivity index (χ0v) is 23.7. The Hall–Kier alpha value is -3.97. The molecule has 0 saturated carbocycles. The number of piperidine rings is 1. The molecule has 3 aromatic rings. The van der Waals surface area contributed by atoms with Gasteiger partial charge in [-0.05, 0) is 55.0 Å². The fourth-order valence-electron chi connectivity index (χ4n) is 5.60. The third-order valence-electron chi connectivity index (χ3n) is 7.79. The van der Waals surface area contributed by atoms with E-state index in [1.54, 1.807) is 0 Å². The Morgan fingerprint density at radius 3 is 1.76 bits per heavy atom. The van der Waals surface area contributed by atoms with Gasteiger partial charge >= 0.3 is 0 Å². The lowest BCUT2D eigenvalue weighted by Crippen LogP contribution is -2.39. The molecule has 1 heterocycles. The highest BCUT2D eigenvalue weighted by Crippen LogP contribution is 2.42. The van der Waals surface area contributed by atoms with Crippen molar-refractivity contribution in [3.63, 3.8) is 0 Å². The van der Waals surface area contributed by atoms with E-state index < -0.39 is 5.41 Å². The highest BCUT2D eigenvalue weighted by atomic mass is 16.2. The first-order chi connectivity index (χ1) is 20.1. The Balaban J connectivity index is 1.26. The van der Waals surface area contributed by atoms with E-state index >= 15 is 0 Å². The second-order valence-electron chi connectivity index (χ2n) is 10.8. The molecule has 1 atom stereocenters. The van der Waals surface area contributed by atoms with E-state index in [0.29, 0.717) is 32.0 Å². The van der Waals surface area contributed by atoms with Crippen molar-refractivity contribution in [1.82, 2.24) is 21.3 Å². The first kappa shape index (κ1) is 30.0. The molecular formula is C34H42N4O3. The molecule has 1 aliphatic rings. The van der Waals surface area contributed by atoms with Crippen LogP contribution in [0.5, 0.6) is 0 Å². The van der Waals surface area contributed by atoms with Crippen molar-refractivity contribution in [2.45, 2.75) is 43.9 Å². The van der Waals surface area contributed by atoms with Crippen molar-refractivity contribution in [3.8, 4) is 0 Å². The number of amides is 3. The molecule has 7 heteroatoms. The van der Waals surface area contributed by atoms with E-state index in [1.807, 2.05) is 54.6 Å². The van der Waals surface area contributed by atoms with Crippen molar-refractivity contribution < 1.29 is 14.4 Å². The number of hydrogen-bond donors (Lipinski definition) is 4. The number of carbonyl (C=O) groups is 3. The van der Waals surface area contributed by atoms with Gasteiger partial charge in [-0.2, -0.15) is 0 Å². The zero-order chi connectivity index (χ0) is 28.8. The summed E-state index contributed by atoms with van der Waals surface area (Å²) >= 11 is 0. The molecule has 0 unspecified atom stereocenters. The van der Waals surface area contributed by atoms with Crippen molar-refractivity contribution >= 4 is 17.7 Å². The van der Waals surface area contributed by atoms with Crippen LogP contribution >= 0.6 is 0 Å². The van der Waals surface area contributed by atoms with Crippen molar-refractivity contribution in [3.05, 3.63) is 108 Å². The van der Waals surface area contributed by atoms with Gasteiger partial charge in [0.25, 0.3) is 0 Å². The van der Waals surface area contributed by atoms with E-state index in [0.717, 1.165) is 42.6 Å². The lowest BCUT2D eigenvalue weighted by atomic mass is 9.67. The molecular weight excluding hydrogens is 512 g/mol. The zero-order valence-electron chi connectivity index (χ0n) is 23.7. The molecule has 0 radical (unpaired) electrons. The second-order valence-corrected chi connectivity index (χ2v) is 10.8. The molecule has 0 bridgehead atoms. The van der Waals surface area contributed by atoms with Gasteiger partial charge in [-0.25, -0.2) is 0 Å². The third kappa shape index (κ3) is 8.76. The molecule has 1 fully saturated rings. The fourth-order valence-corrected chi connectivity index (χ4v) is 5.60. The Kier molecular flexibility index (Phi) is 11.5. The lowest BCUT2D eigenvalue weighted by Gasteiger charge is -2.35. The van der Waals surface area contributed by atoms with Crippen LogP contribution in [0.15, 0.2) is 91.0 Å².